The van der Waals surface area contributed by atoms with Crippen LogP contribution in [0.15, 0.2) is 24.3 Å². The van der Waals surface area contributed by atoms with Gasteiger partial charge in [-0.1, -0.05) is 48.3 Å². The summed E-state index contributed by atoms with van der Waals surface area (Å²) in [4.78, 5) is 0. The Hall–Kier alpha value is -0.500. The molecular weight excluding hydrogens is 229 g/mol. The molecule has 1 rings (SSSR count). The predicted octanol–water partition coefficient (Wildman–Crippen LogP) is 4.00. The molecule has 0 aromatic heterocycles. The number of benzene rings is 1. The second kappa shape index (κ2) is 6.16. The van der Waals surface area contributed by atoms with Crippen molar-refractivity contribution in [3.05, 3.63) is 39.9 Å². The van der Waals surface area contributed by atoms with E-state index in [1.807, 2.05) is 24.3 Å². The van der Waals surface area contributed by atoms with Gasteiger partial charge in [-0.15, -0.1) is 0 Å². The summed E-state index contributed by atoms with van der Waals surface area (Å²) in [6.45, 7) is 5.11. The van der Waals surface area contributed by atoms with Crippen LogP contribution in [0, 0.1) is 0 Å². The summed E-state index contributed by atoms with van der Waals surface area (Å²) in [5.41, 5.74) is 0.880. The Labute approximate surface area is 101 Å². The maximum absolute atomic E-state index is 6.03. The van der Waals surface area contributed by atoms with Gasteiger partial charge < -0.3 is 5.32 Å². The second-order valence-corrected chi connectivity index (χ2v) is 4.16. The molecule has 0 aliphatic rings. The standard InChI is InChI=1S/C12H15Cl2N/c1-3-15-9(2)7-8-10-11(13)5-4-6-12(10)14/h4-9,15H,3H2,1-2H3/b8-7+. The van der Waals surface area contributed by atoms with Gasteiger partial charge in [0.1, 0.15) is 0 Å². The smallest absolute Gasteiger partial charge is 0.0493 e. The first kappa shape index (κ1) is 12.6. The van der Waals surface area contributed by atoms with E-state index in [1.54, 1.807) is 0 Å². The highest BCUT2D eigenvalue weighted by Gasteiger charge is 2.01. The summed E-state index contributed by atoms with van der Waals surface area (Å²) >= 11 is 12.1. The molecule has 0 bridgehead atoms. The zero-order valence-corrected chi connectivity index (χ0v) is 10.4. The van der Waals surface area contributed by atoms with Crippen LogP contribution in [0.5, 0.6) is 0 Å². The molecule has 82 valence electrons. The van der Waals surface area contributed by atoms with E-state index in [0.29, 0.717) is 16.1 Å². The van der Waals surface area contributed by atoms with Crippen molar-refractivity contribution in [1.82, 2.24) is 5.32 Å². The molecule has 0 amide bonds. The maximum Gasteiger partial charge on any atom is 0.0493 e. The number of hydrogen-bond donors (Lipinski definition) is 1. The number of hydrogen-bond acceptors (Lipinski definition) is 1. The van der Waals surface area contributed by atoms with E-state index < -0.39 is 0 Å². The van der Waals surface area contributed by atoms with Crippen molar-refractivity contribution in [2.75, 3.05) is 6.54 Å². The van der Waals surface area contributed by atoms with E-state index in [2.05, 4.69) is 25.2 Å². The zero-order chi connectivity index (χ0) is 11.3. The topological polar surface area (TPSA) is 12.0 Å². The van der Waals surface area contributed by atoms with Crippen molar-refractivity contribution in [2.45, 2.75) is 19.9 Å². The van der Waals surface area contributed by atoms with Crippen LogP contribution in [0.3, 0.4) is 0 Å². The number of likely N-dealkylation sites (N-methyl/N-ethyl adjacent to an activating group) is 1. The fraction of sp³-hybridized carbons (Fsp3) is 0.333. The summed E-state index contributed by atoms with van der Waals surface area (Å²) in [5.74, 6) is 0. The lowest BCUT2D eigenvalue weighted by molar-refractivity contribution is 0.663. The highest BCUT2D eigenvalue weighted by atomic mass is 35.5. The Morgan fingerprint density at radius 3 is 2.47 bits per heavy atom. The van der Waals surface area contributed by atoms with E-state index in [1.165, 1.54) is 0 Å². The summed E-state index contributed by atoms with van der Waals surface area (Å²) in [6, 6.07) is 5.84. The Bertz CT molecular complexity index is 327. The lowest BCUT2D eigenvalue weighted by Gasteiger charge is -2.07. The van der Waals surface area contributed by atoms with Crippen molar-refractivity contribution in [2.24, 2.45) is 0 Å². The van der Waals surface area contributed by atoms with Crippen molar-refractivity contribution in [3.8, 4) is 0 Å². The van der Waals surface area contributed by atoms with Gasteiger partial charge >= 0.3 is 0 Å². The Morgan fingerprint density at radius 1 is 1.33 bits per heavy atom. The van der Waals surface area contributed by atoms with Gasteiger partial charge in [0.15, 0.2) is 0 Å². The molecule has 0 spiro atoms. The van der Waals surface area contributed by atoms with Crippen LogP contribution in [-0.2, 0) is 0 Å². The van der Waals surface area contributed by atoms with E-state index >= 15 is 0 Å². The SMILES string of the molecule is CCNC(C)/C=C/c1c(Cl)cccc1Cl. The summed E-state index contributed by atoms with van der Waals surface area (Å²) < 4.78 is 0. The molecule has 0 aliphatic carbocycles. The minimum atomic E-state index is 0.322. The molecule has 0 aliphatic heterocycles. The summed E-state index contributed by atoms with van der Waals surface area (Å²) in [6.07, 6.45) is 4.01. The molecule has 3 heteroatoms. The average Bonchev–Trinajstić information content (AvgIpc) is 2.17. The third kappa shape index (κ3) is 3.86. The largest absolute Gasteiger partial charge is 0.311 e. The Morgan fingerprint density at radius 2 is 1.93 bits per heavy atom. The van der Waals surface area contributed by atoms with E-state index in [0.717, 1.165) is 12.1 Å². The zero-order valence-electron chi connectivity index (χ0n) is 8.93. The van der Waals surface area contributed by atoms with Crippen LogP contribution in [0.1, 0.15) is 19.4 Å². The molecule has 1 nitrogen and oxygen atoms in total. The van der Waals surface area contributed by atoms with Gasteiger partial charge in [0, 0.05) is 21.7 Å². The third-order valence-electron chi connectivity index (χ3n) is 2.08. The first-order valence-corrected chi connectivity index (χ1v) is 5.76. The van der Waals surface area contributed by atoms with Gasteiger partial charge in [-0.2, -0.15) is 0 Å². The van der Waals surface area contributed by atoms with Gasteiger partial charge in [-0.3, -0.25) is 0 Å². The highest BCUT2D eigenvalue weighted by molar-refractivity contribution is 6.37. The predicted molar refractivity (Wildman–Crippen MR) is 68.6 cm³/mol. The van der Waals surface area contributed by atoms with E-state index in [-0.39, 0.29) is 0 Å². The van der Waals surface area contributed by atoms with Gasteiger partial charge in [-0.25, -0.2) is 0 Å². The molecule has 1 N–H and O–H groups in total. The normalized spacial score (nSPS) is 13.3. The number of nitrogens with one attached hydrogen (secondary N) is 1. The monoisotopic (exact) mass is 243 g/mol. The number of halogens is 2. The van der Waals surface area contributed by atoms with Crippen molar-refractivity contribution < 1.29 is 0 Å². The fourth-order valence-corrected chi connectivity index (χ4v) is 1.82. The maximum atomic E-state index is 6.03. The van der Waals surface area contributed by atoms with Crippen LogP contribution >= 0.6 is 23.2 Å². The van der Waals surface area contributed by atoms with E-state index in [9.17, 15) is 0 Å². The minimum absolute atomic E-state index is 0.322. The molecule has 1 atom stereocenters. The van der Waals surface area contributed by atoms with Gasteiger partial charge in [0.25, 0.3) is 0 Å². The summed E-state index contributed by atoms with van der Waals surface area (Å²) in [7, 11) is 0. The van der Waals surface area contributed by atoms with Crippen molar-refractivity contribution in [3.63, 3.8) is 0 Å². The molecule has 0 saturated carbocycles. The average molecular weight is 244 g/mol. The molecule has 0 saturated heterocycles. The first-order chi connectivity index (χ1) is 7.15. The molecule has 1 aromatic rings. The van der Waals surface area contributed by atoms with Crippen molar-refractivity contribution >= 4 is 29.3 Å². The molecule has 0 radical (unpaired) electrons. The Kier molecular flexibility index (Phi) is 5.16. The number of rotatable bonds is 4. The van der Waals surface area contributed by atoms with Crippen LogP contribution < -0.4 is 5.32 Å². The van der Waals surface area contributed by atoms with E-state index in [4.69, 9.17) is 23.2 Å². The van der Waals surface area contributed by atoms with Crippen LogP contribution in [0.2, 0.25) is 10.0 Å². The van der Waals surface area contributed by atoms with Crippen LogP contribution in [0.25, 0.3) is 6.08 Å². The fourth-order valence-electron chi connectivity index (χ4n) is 1.30. The lowest BCUT2D eigenvalue weighted by Crippen LogP contribution is -2.22. The second-order valence-electron chi connectivity index (χ2n) is 3.34. The van der Waals surface area contributed by atoms with Gasteiger partial charge in [-0.05, 0) is 25.6 Å². The highest BCUT2D eigenvalue weighted by Crippen LogP contribution is 2.25. The lowest BCUT2D eigenvalue weighted by atomic mass is 10.2. The molecule has 1 unspecified atom stereocenters. The first-order valence-electron chi connectivity index (χ1n) is 5.00. The van der Waals surface area contributed by atoms with Gasteiger partial charge in [0.05, 0.1) is 0 Å². The van der Waals surface area contributed by atoms with Crippen molar-refractivity contribution in [1.29, 1.82) is 0 Å². The molecule has 15 heavy (non-hydrogen) atoms. The summed E-state index contributed by atoms with van der Waals surface area (Å²) in [5, 5.41) is 4.65. The molecule has 1 aromatic carbocycles. The van der Waals surface area contributed by atoms with Crippen LogP contribution in [0.4, 0.5) is 0 Å². The molecule has 0 heterocycles. The van der Waals surface area contributed by atoms with Crippen LogP contribution in [-0.4, -0.2) is 12.6 Å². The quantitative estimate of drug-likeness (QED) is 0.843. The molecule has 0 fully saturated rings. The van der Waals surface area contributed by atoms with Gasteiger partial charge in [0.2, 0.25) is 0 Å². The third-order valence-corrected chi connectivity index (χ3v) is 2.74. The Balaban J connectivity index is 2.80. The molecular formula is C12H15Cl2N. The minimum Gasteiger partial charge on any atom is -0.311 e.